The van der Waals surface area contributed by atoms with Gasteiger partial charge in [0.15, 0.2) is 11.5 Å². The zero-order valence-electron chi connectivity index (χ0n) is 24.1. The Morgan fingerprint density at radius 3 is 2.58 bits per heavy atom. The standard InChI is InChI=1S/C33H27BrClFN2O6S/c1-33-21(30(41)38(32(33)43)16-5-8-24(36)23(35)12-16)13-20-18(27(33)15-10-22(34)28(39)25(11-15)44-2)6-7-19-26(20)31(42)37(29(19)40)14-17-4-3-9-45-17/h3-6,8-12,19-21,26-27,39H,7,13-14H2,1-2H3. The van der Waals surface area contributed by atoms with E-state index in [9.17, 15) is 28.7 Å². The van der Waals surface area contributed by atoms with Crippen molar-refractivity contribution in [2.45, 2.75) is 32.2 Å². The van der Waals surface area contributed by atoms with E-state index in [-0.39, 0.29) is 47.0 Å². The van der Waals surface area contributed by atoms with Crippen LogP contribution < -0.4 is 9.64 Å². The second-order valence-electron chi connectivity index (χ2n) is 12.2. The van der Waals surface area contributed by atoms with Crippen molar-refractivity contribution in [3.8, 4) is 11.5 Å². The van der Waals surface area contributed by atoms with Crippen molar-refractivity contribution in [1.82, 2.24) is 4.90 Å². The molecule has 3 fully saturated rings. The number of carbonyl (C=O) groups excluding carboxylic acids is 4. The van der Waals surface area contributed by atoms with Crippen molar-refractivity contribution >= 4 is 68.2 Å². The van der Waals surface area contributed by atoms with Gasteiger partial charge in [0.05, 0.1) is 52.0 Å². The van der Waals surface area contributed by atoms with Crippen LogP contribution in [0.15, 0.2) is 64.0 Å². The molecule has 2 aliphatic carbocycles. The van der Waals surface area contributed by atoms with Gasteiger partial charge in [-0.2, -0.15) is 0 Å². The number of fused-ring (bicyclic) bond motifs is 4. The summed E-state index contributed by atoms with van der Waals surface area (Å²) in [6.45, 7) is 1.93. The Hall–Kier alpha value is -3.54. The fraction of sp³-hybridized carbons (Fsp3) is 0.333. The van der Waals surface area contributed by atoms with Gasteiger partial charge in [-0.15, -0.1) is 11.3 Å². The molecule has 1 N–H and O–H groups in total. The van der Waals surface area contributed by atoms with Crippen LogP contribution in [-0.4, -0.2) is 40.7 Å². The molecule has 0 bridgehead atoms. The van der Waals surface area contributed by atoms with Crippen LogP contribution >= 0.6 is 38.9 Å². The zero-order valence-corrected chi connectivity index (χ0v) is 27.3. The lowest BCUT2D eigenvalue weighted by Gasteiger charge is -2.49. The van der Waals surface area contributed by atoms with E-state index in [4.69, 9.17) is 16.3 Å². The van der Waals surface area contributed by atoms with E-state index in [2.05, 4.69) is 15.9 Å². The highest BCUT2D eigenvalue weighted by Crippen LogP contribution is 2.64. The Bertz CT molecular complexity index is 1830. The van der Waals surface area contributed by atoms with Gasteiger partial charge < -0.3 is 9.84 Å². The summed E-state index contributed by atoms with van der Waals surface area (Å²) in [5.41, 5.74) is 0.232. The molecule has 2 saturated heterocycles. The van der Waals surface area contributed by atoms with Gasteiger partial charge >= 0.3 is 0 Å². The molecule has 4 aliphatic rings. The summed E-state index contributed by atoms with van der Waals surface area (Å²) in [6, 6.07) is 10.8. The first-order valence-electron chi connectivity index (χ1n) is 14.4. The van der Waals surface area contributed by atoms with Crippen molar-refractivity contribution in [2.24, 2.45) is 29.1 Å². The zero-order chi connectivity index (χ0) is 31.9. The number of anilines is 1. The number of nitrogens with zero attached hydrogens (tertiary/aromatic N) is 2. The number of hydrogen-bond donors (Lipinski definition) is 1. The van der Waals surface area contributed by atoms with E-state index >= 15 is 0 Å². The number of likely N-dealkylation sites (tertiary alicyclic amines) is 1. The number of phenolic OH excluding ortho intramolecular Hbond substituents is 1. The van der Waals surface area contributed by atoms with Gasteiger partial charge in [0.1, 0.15) is 5.82 Å². The van der Waals surface area contributed by atoms with Crippen LogP contribution in [0.5, 0.6) is 11.5 Å². The summed E-state index contributed by atoms with van der Waals surface area (Å²) in [7, 11) is 1.42. The average Bonchev–Trinajstić information content (AvgIpc) is 3.67. The maximum absolute atomic E-state index is 14.5. The molecule has 7 rings (SSSR count). The maximum Gasteiger partial charge on any atom is 0.241 e. The number of thiophene rings is 1. The monoisotopic (exact) mass is 712 g/mol. The molecule has 6 unspecified atom stereocenters. The molecule has 2 aliphatic heterocycles. The fourth-order valence-electron chi connectivity index (χ4n) is 7.96. The van der Waals surface area contributed by atoms with Crippen molar-refractivity contribution in [2.75, 3.05) is 12.0 Å². The molecule has 1 aromatic heterocycles. The number of imide groups is 2. The molecule has 4 amide bonds. The Labute approximate surface area is 275 Å². The van der Waals surface area contributed by atoms with Crippen LogP contribution in [0, 0.1) is 34.9 Å². The number of phenols is 1. The summed E-state index contributed by atoms with van der Waals surface area (Å²) in [5, 5.41) is 12.3. The van der Waals surface area contributed by atoms with Crippen molar-refractivity contribution in [1.29, 1.82) is 0 Å². The molecular formula is C33H27BrClFN2O6S. The third-order valence-electron chi connectivity index (χ3n) is 10.0. The molecule has 0 radical (unpaired) electrons. The summed E-state index contributed by atoms with van der Waals surface area (Å²) in [6.07, 6.45) is 2.45. The lowest BCUT2D eigenvalue weighted by molar-refractivity contribution is -0.141. The van der Waals surface area contributed by atoms with Gasteiger partial charge in [-0.1, -0.05) is 29.3 Å². The number of benzene rings is 2. The lowest BCUT2D eigenvalue weighted by Crippen LogP contribution is -2.48. The van der Waals surface area contributed by atoms with Crippen LogP contribution in [0.25, 0.3) is 0 Å². The van der Waals surface area contributed by atoms with Crippen LogP contribution in [0.1, 0.15) is 36.1 Å². The smallest absolute Gasteiger partial charge is 0.241 e. The molecule has 45 heavy (non-hydrogen) atoms. The largest absolute Gasteiger partial charge is 0.503 e. The first-order valence-corrected chi connectivity index (χ1v) is 16.5. The number of amides is 4. The molecule has 1 saturated carbocycles. The maximum atomic E-state index is 14.5. The summed E-state index contributed by atoms with van der Waals surface area (Å²) >= 11 is 10.9. The Morgan fingerprint density at radius 1 is 1.11 bits per heavy atom. The molecule has 12 heteroatoms. The Balaban J connectivity index is 1.37. The lowest BCUT2D eigenvalue weighted by atomic mass is 9.51. The molecule has 232 valence electrons. The third kappa shape index (κ3) is 4.34. The molecule has 6 atom stereocenters. The van der Waals surface area contributed by atoms with Gasteiger partial charge in [0.25, 0.3) is 0 Å². The van der Waals surface area contributed by atoms with E-state index in [1.807, 2.05) is 23.6 Å². The second kappa shape index (κ2) is 10.8. The van der Waals surface area contributed by atoms with E-state index in [0.29, 0.717) is 16.5 Å². The van der Waals surface area contributed by atoms with Crippen molar-refractivity contribution in [3.63, 3.8) is 0 Å². The fourth-order valence-corrected chi connectivity index (χ4v) is 9.29. The quantitative estimate of drug-likeness (QED) is 0.241. The van der Waals surface area contributed by atoms with Crippen LogP contribution in [0.3, 0.4) is 0 Å². The molecule has 8 nitrogen and oxygen atoms in total. The van der Waals surface area contributed by atoms with Gasteiger partial charge in [-0.05, 0) is 89.0 Å². The van der Waals surface area contributed by atoms with Crippen LogP contribution in [0.2, 0.25) is 5.02 Å². The summed E-state index contributed by atoms with van der Waals surface area (Å²) in [4.78, 5) is 59.8. The van der Waals surface area contributed by atoms with E-state index in [1.165, 1.54) is 35.5 Å². The normalized spacial score (nSPS) is 29.1. The predicted octanol–water partition coefficient (Wildman–Crippen LogP) is 6.45. The minimum atomic E-state index is -1.32. The number of hydrogen-bond acceptors (Lipinski definition) is 7. The number of ether oxygens (including phenoxy) is 1. The Kier molecular flexibility index (Phi) is 7.22. The van der Waals surface area contributed by atoms with Gasteiger partial charge in [-0.25, -0.2) is 9.29 Å². The third-order valence-corrected chi connectivity index (χ3v) is 11.8. The molecular weight excluding hydrogens is 687 g/mol. The highest BCUT2D eigenvalue weighted by atomic mass is 79.9. The van der Waals surface area contributed by atoms with Crippen LogP contribution in [-0.2, 0) is 25.7 Å². The number of rotatable bonds is 5. The first kappa shape index (κ1) is 30.1. The molecule has 3 aromatic rings. The summed E-state index contributed by atoms with van der Waals surface area (Å²) < 4.78 is 19.9. The number of carbonyl (C=O) groups is 4. The Morgan fingerprint density at radius 2 is 1.89 bits per heavy atom. The van der Waals surface area contributed by atoms with Gasteiger partial charge in [-0.3, -0.25) is 24.1 Å². The molecule has 3 heterocycles. The molecule has 2 aromatic carbocycles. The van der Waals surface area contributed by atoms with E-state index < -0.39 is 52.6 Å². The number of halogens is 3. The minimum absolute atomic E-state index is 0.120. The number of methoxy groups -OCH3 is 1. The minimum Gasteiger partial charge on any atom is -0.503 e. The highest BCUT2D eigenvalue weighted by Gasteiger charge is 2.67. The number of allylic oxidation sites excluding steroid dienone is 2. The summed E-state index contributed by atoms with van der Waals surface area (Å²) in [5.74, 6) is -5.44. The van der Waals surface area contributed by atoms with Crippen LogP contribution in [0.4, 0.5) is 10.1 Å². The van der Waals surface area contributed by atoms with Gasteiger partial charge in [0.2, 0.25) is 23.6 Å². The van der Waals surface area contributed by atoms with E-state index in [0.717, 1.165) is 21.4 Å². The SMILES string of the molecule is COc1cc(C2C3=CCC4C(=O)N(Cc5cccs5)C(=O)C4C3CC3C(=O)N(c4ccc(F)c(Cl)c4)C(=O)C32C)cc(Br)c1O. The molecule has 0 spiro atoms. The average molecular weight is 714 g/mol. The van der Waals surface area contributed by atoms with Crippen molar-refractivity contribution < 1.29 is 33.4 Å². The second-order valence-corrected chi connectivity index (χ2v) is 14.4. The highest BCUT2D eigenvalue weighted by molar-refractivity contribution is 9.10. The predicted molar refractivity (Wildman–Crippen MR) is 168 cm³/mol. The van der Waals surface area contributed by atoms with Crippen molar-refractivity contribution in [3.05, 3.63) is 85.2 Å². The topological polar surface area (TPSA) is 104 Å². The van der Waals surface area contributed by atoms with Gasteiger partial charge in [0, 0.05) is 10.8 Å². The first-order chi connectivity index (χ1) is 21.5. The van der Waals surface area contributed by atoms with E-state index in [1.54, 1.807) is 19.1 Å². The number of aromatic hydroxyl groups is 1.